The Morgan fingerprint density at radius 1 is 0.705 bits per heavy atom. The molecule has 0 aliphatic carbocycles. The van der Waals surface area contributed by atoms with Crippen molar-refractivity contribution in [3.05, 3.63) is 126 Å². The molecule has 0 unspecified atom stereocenters. The van der Waals surface area contributed by atoms with Crippen molar-refractivity contribution < 1.29 is 27.6 Å². The number of anilines is 2. The summed E-state index contributed by atoms with van der Waals surface area (Å²) in [5, 5.41) is 5.99. The second-order valence-corrected chi connectivity index (χ2v) is 17.4. The SMILES string of the molecule is Cn1nc(-c2ccc(OCc3ccccc3)nc2OCc2ccccc2)c2cccc(N3CCN([C@H]4CCN(c5ccc(B6OC(C)(C)C(C)(C)O6)cc5)CC4(F)F)CC3)c21. The van der Waals surface area contributed by atoms with Crippen LogP contribution in [0.5, 0.6) is 11.8 Å². The molecule has 6 aromatic rings. The molecule has 4 aromatic carbocycles. The Balaban J connectivity index is 0.884. The number of piperazine rings is 1. The van der Waals surface area contributed by atoms with Gasteiger partial charge in [0, 0.05) is 56.9 Å². The number of benzene rings is 4. The molecule has 0 amide bonds. The second kappa shape index (κ2) is 16.4. The first-order valence-electron chi connectivity index (χ1n) is 21.2. The summed E-state index contributed by atoms with van der Waals surface area (Å²) in [6.45, 7) is 11.3. The van der Waals surface area contributed by atoms with E-state index in [0.29, 0.717) is 64.1 Å². The molecule has 1 atom stereocenters. The third-order valence-corrected chi connectivity index (χ3v) is 12.8. The van der Waals surface area contributed by atoms with Crippen LogP contribution in [0, 0.1) is 0 Å². The third kappa shape index (κ3) is 8.31. The van der Waals surface area contributed by atoms with Gasteiger partial charge < -0.3 is 28.6 Å². The number of para-hydroxylation sites is 1. The monoisotopic (exact) mass is 826 g/mol. The maximum Gasteiger partial charge on any atom is 0.494 e. The van der Waals surface area contributed by atoms with Crippen molar-refractivity contribution in [2.24, 2.45) is 7.05 Å². The molecule has 0 N–H and O–H groups in total. The number of fused-ring (bicyclic) bond motifs is 1. The van der Waals surface area contributed by atoms with E-state index in [2.05, 4.69) is 17.0 Å². The predicted octanol–water partition coefficient (Wildman–Crippen LogP) is 8.13. The van der Waals surface area contributed by atoms with Gasteiger partial charge in [-0.3, -0.25) is 9.58 Å². The van der Waals surface area contributed by atoms with Crippen LogP contribution in [0.15, 0.2) is 115 Å². The maximum atomic E-state index is 16.1. The van der Waals surface area contributed by atoms with E-state index >= 15 is 8.78 Å². The summed E-state index contributed by atoms with van der Waals surface area (Å²) in [5.74, 6) is -1.99. The van der Waals surface area contributed by atoms with E-state index < -0.39 is 30.3 Å². The number of aromatic nitrogens is 3. The van der Waals surface area contributed by atoms with Crippen LogP contribution in [0.25, 0.3) is 22.2 Å². The molecule has 13 heteroatoms. The molecule has 10 nitrogen and oxygen atoms in total. The summed E-state index contributed by atoms with van der Waals surface area (Å²) in [6.07, 6.45) is 0.380. The normalized spacial score (nSPS) is 20.0. The first-order chi connectivity index (χ1) is 29.3. The van der Waals surface area contributed by atoms with Gasteiger partial charge in [0.15, 0.2) is 0 Å². The van der Waals surface area contributed by atoms with Crippen LogP contribution in [-0.4, -0.2) is 89.2 Å². The van der Waals surface area contributed by atoms with Gasteiger partial charge in [-0.2, -0.15) is 10.1 Å². The van der Waals surface area contributed by atoms with Crippen molar-refractivity contribution in [3.8, 4) is 23.0 Å². The Bertz CT molecular complexity index is 2440. The highest BCUT2D eigenvalue weighted by Crippen LogP contribution is 2.40. The zero-order valence-corrected chi connectivity index (χ0v) is 35.6. The maximum absolute atomic E-state index is 16.1. The van der Waals surface area contributed by atoms with E-state index in [1.165, 1.54) is 0 Å². The fraction of sp³-hybridized carbons (Fsp3) is 0.375. The molecule has 2 aromatic heterocycles. The minimum absolute atomic E-state index is 0.323. The van der Waals surface area contributed by atoms with Crippen LogP contribution >= 0.6 is 0 Å². The molecule has 5 heterocycles. The number of piperidine rings is 1. The molecule has 0 bridgehead atoms. The van der Waals surface area contributed by atoms with Crippen LogP contribution in [0.1, 0.15) is 45.2 Å². The first-order valence-corrected chi connectivity index (χ1v) is 21.2. The minimum atomic E-state index is -2.88. The smallest absolute Gasteiger partial charge is 0.473 e. The standard InChI is InChI=1S/C48H53BF2N6O4/c1-46(2)47(3,4)61-49(60-46)36-19-21-37(22-20-36)57-26-25-41(48(50,51)33-57)56-29-27-55(28-30-56)40-18-12-17-38-43(53-54(5)44(38)40)39-23-24-42(58-31-34-13-8-6-9-14-34)52-45(39)59-32-35-15-10-7-11-16-35/h6-24,41H,25-33H2,1-5H3/t41-/m0/s1. The Kier molecular flexibility index (Phi) is 11.0. The lowest BCUT2D eigenvalue weighted by Crippen LogP contribution is -2.62. The number of hydrogen-bond acceptors (Lipinski definition) is 9. The third-order valence-electron chi connectivity index (χ3n) is 12.8. The molecule has 61 heavy (non-hydrogen) atoms. The second-order valence-electron chi connectivity index (χ2n) is 17.4. The van der Waals surface area contributed by atoms with Crippen LogP contribution in [-0.2, 0) is 29.6 Å². The molecule has 0 saturated carbocycles. The largest absolute Gasteiger partial charge is 0.494 e. The molecule has 0 spiro atoms. The predicted molar refractivity (Wildman–Crippen MR) is 237 cm³/mol. The van der Waals surface area contributed by atoms with Crippen molar-refractivity contribution >= 4 is 34.9 Å². The highest BCUT2D eigenvalue weighted by Gasteiger charge is 2.52. The molecule has 316 valence electrons. The number of ether oxygens (including phenoxy) is 2. The molecule has 3 aliphatic rings. The topological polar surface area (TPSA) is 77.4 Å². The van der Waals surface area contributed by atoms with Crippen LogP contribution in [0.3, 0.4) is 0 Å². The summed E-state index contributed by atoms with van der Waals surface area (Å²) in [5.41, 5.74) is 6.32. The summed E-state index contributed by atoms with van der Waals surface area (Å²) >= 11 is 0. The van der Waals surface area contributed by atoms with Crippen molar-refractivity contribution in [3.63, 3.8) is 0 Å². The highest BCUT2D eigenvalue weighted by molar-refractivity contribution is 6.62. The van der Waals surface area contributed by atoms with Gasteiger partial charge in [0.25, 0.3) is 5.92 Å². The zero-order chi connectivity index (χ0) is 42.4. The van der Waals surface area contributed by atoms with Gasteiger partial charge >= 0.3 is 7.12 Å². The van der Waals surface area contributed by atoms with Gasteiger partial charge in [-0.15, -0.1) is 0 Å². The lowest BCUT2D eigenvalue weighted by atomic mass is 9.79. The highest BCUT2D eigenvalue weighted by atomic mass is 19.3. The van der Waals surface area contributed by atoms with Crippen LogP contribution < -0.4 is 24.7 Å². The molecular weight excluding hydrogens is 773 g/mol. The average molecular weight is 827 g/mol. The molecule has 3 fully saturated rings. The van der Waals surface area contributed by atoms with Gasteiger partial charge in [-0.1, -0.05) is 84.9 Å². The number of pyridine rings is 1. The van der Waals surface area contributed by atoms with Gasteiger partial charge in [0.2, 0.25) is 11.8 Å². The Labute approximate surface area is 357 Å². The van der Waals surface area contributed by atoms with Gasteiger partial charge in [-0.05, 0) is 75.0 Å². The zero-order valence-electron chi connectivity index (χ0n) is 35.6. The minimum Gasteiger partial charge on any atom is -0.473 e. The molecule has 3 saturated heterocycles. The van der Waals surface area contributed by atoms with Crippen LogP contribution in [0.2, 0.25) is 0 Å². The lowest BCUT2D eigenvalue weighted by molar-refractivity contribution is -0.0891. The Hall–Kier alpha value is -5.50. The number of aryl methyl sites for hydroxylation is 1. The summed E-state index contributed by atoms with van der Waals surface area (Å²) < 4.78 is 59.0. The van der Waals surface area contributed by atoms with E-state index in [0.717, 1.165) is 50.1 Å². The van der Waals surface area contributed by atoms with Crippen molar-refractivity contribution in [2.45, 2.75) is 70.5 Å². The van der Waals surface area contributed by atoms with Crippen molar-refractivity contribution in [2.75, 3.05) is 49.1 Å². The summed E-state index contributed by atoms with van der Waals surface area (Å²) in [6, 6.07) is 36.8. The summed E-state index contributed by atoms with van der Waals surface area (Å²) in [7, 11) is 1.45. The Morgan fingerprint density at radius 2 is 1.34 bits per heavy atom. The molecule has 0 radical (unpaired) electrons. The van der Waals surface area contributed by atoms with Crippen molar-refractivity contribution in [1.82, 2.24) is 19.7 Å². The van der Waals surface area contributed by atoms with Gasteiger partial charge in [-0.25, -0.2) is 8.78 Å². The first kappa shape index (κ1) is 40.9. The fourth-order valence-electron chi connectivity index (χ4n) is 8.72. The quantitative estimate of drug-likeness (QED) is 0.121. The number of rotatable bonds is 11. The summed E-state index contributed by atoms with van der Waals surface area (Å²) in [4.78, 5) is 10.9. The average Bonchev–Trinajstić information content (AvgIpc) is 3.72. The van der Waals surface area contributed by atoms with Gasteiger partial charge in [0.1, 0.15) is 18.9 Å². The number of hydrogen-bond donors (Lipinski definition) is 0. The van der Waals surface area contributed by atoms with E-state index in [1.54, 1.807) is 4.90 Å². The van der Waals surface area contributed by atoms with E-state index in [4.69, 9.17) is 28.9 Å². The van der Waals surface area contributed by atoms with Crippen LogP contribution in [0.4, 0.5) is 20.2 Å². The van der Waals surface area contributed by atoms with E-state index in [-0.39, 0.29) is 6.54 Å². The fourth-order valence-corrected chi connectivity index (χ4v) is 8.72. The van der Waals surface area contributed by atoms with Gasteiger partial charge in [0.05, 0.1) is 40.6 Å². The lowest BCUT2D eigenvalue weighted by Gasteiger charge is -2.47. The number of alkyl halides is 2. The number of halogens is 2. The molecule has 9 rings (SSSR count). The van der Waals surface area contributed by atoms with E-state index in [1.807, 2.05) is 147 Å². The van der Waals surface area contributed by atoms with E-state index in [9.17, 15) is 0 Å². The van der Waals surface area contributed by atoms with Crippen molar-refractivity contribution in [1.29, 1.82) is 0 Å². The molecular formula is C48H53BF2N6O4. The Morgan fingerprint density at radius 3 is 1.98 bits per heavy atom. The molecule has 3 aliphatic heterocycles. The number of nitrogens with zero attached hydrogens (tertiary/aromatic N) is 6.